The lowest BCUT2D eigenvalue weighted by atomic mass is 10.0. The van der Waals surface area contributed by atoms with Crippen LogP contribution in [0.15, 0.2) is 36.9 Å². The van der Waals surface area contributed by atoms with Crippen LogP contribution in [0.25, 0.3) is 5.57 Å². The predicted molar refractivity (Wildman–Crippen MR) is 76.0 cm³/mol. The van der Waals surface area contributed by atoms with Gasteiger partial charge in [-0.25, -0.2) is 5.01 Å². The number of hydrogen-bond acceptors (Lipinski definition) is 2. The summed E-state index contributed by atoms with van der Waals surface area (Å²) in [7, 11) is 0. The van der Waals surface area contributed by atoms with Crippen molar-refractivity contribution in [2.24, 2.45) is 11.8 Å². The Morgan fingerprint density at radius 1 is 1.16 bits per heavy atom. The quantitative estimate of drug-likeness (QED) is 0.843. The molecule has 1 N–H and O–H groups in total. The minimum absolute atomic E-state index is 0.0776. The van der Waals surface area contributed by atoms with Gasteiger partial charge in [-0.15, -0.1) is 0 Å². The predicted octanol–water partition coefficient (Wildman–Crippen LogP) is 2.46. The molecule has 3 heteroatoms. The fraction of sp³-hybridized carbons (Fsp3) is 0.438. The van der Waals surface area contributed by atoms with E-state index in [1.165, 1.54) is 19.3 Å². The molecule has 19 heavy (non-hydrogen) atoms. The van der Waals surface area contributed by atoms with Gasteiger partial charge in [0, 0.05) is 18.7 Å². The smallest absolute Gasteiger partial charge is 0.265 e. The molecule has 2 atom stereocenters. The topological polar surface area (TPSA) is 32.3 Å². The molecule has 0 bridgehead atoms. The van der Waals surface area contributed by atoms with Crippen molar-refractivity contribution in [3.05, 3.63) is 42.5 Å². The zero-order valence-electron chi connectivity index (χ0n) is 11.1. The van der Waals surface area contributed by atoms with Gasteiger partial charge in [0.2, 0.25) is 0 Å². The van der Waals surface area contributed by atoms with Crippen molar-refractivity contribution >= 4 is 11.5 Å². The lowest BCUT2D eigenvalue weighted by Crippen LogP contribution is -2.41. The summed E-state index contributed by atoms with van der Waals surface area (Å²) in [5, 5.41) is 2.07. The number of nitrogens with zero attached hydrogens (tertiary/aromatic N) is 1. The van der Waals surface area contributed by atoms with Gasteiger partial charge < -0.3 is 0 Å². The number of hydrazine groups is 1. The minimum atomic E-state index is -0.0776. The molecule has 100 valence electrons. The molecule has 1 heterocycles. The van der Waals surface area contributed by atoms with Crippen LogP contribution in [0, 0.1) is 11.8 Å². The van der Waals surface area contributed by atoms with E-state index >= 15 is 0 Å². The maximum absolute atomic E-state index is 12.2. The van der Waals surface area contributed by atoms with Gasteiger partial charge in [-0.2, -0.15) is 0 Å². The van der Waals surface area contributed by atoms with Crippen LogP contribution < -0.4 is 5.43 Å². The van der Waals surface area contributed by atoms with Crippen molar-refractivity contribution in [3.63, 3.8) is 0 Å². The summed E-state index contributed by atoms with van der Waals surface area (Å²) in [5.74, 6) is 1.49. The average molecular weight is 256 g/mol. The van der Waals surface area contributed by atoms with Crippen LogP contribution in [0.4, 0.5) is 0 Å². The second-order valence-corrected chi connectivity index (χ2v) is 5.64. The standard InChI is InChI=1S/C16H20N2O/c1-12(13-6-3-2-4-7-13)16(19)17-18-10-14-8-5-9-15(14)11-18/h2-4,6-7,14-15H,1,5,8-11H2,(H,17,19). The van der Waals surface area contributed by atoms with Crippen LogP contribution in [0.2, 0.25) is 0 Å². The lowest BCUT2D eigenvalue weighted by Gasteiger charge is -2.19. The van der Waals surface area contributed by atoms with Gasteiger partial charge >= 0.3 is 0 Å². The molecule has 2 fully saturated rings. The van der Waals surface area contributed by atoms with E-state index in [4.69, 9.17) is 0 Å². The second-order valence-electron chi connectivity index (χ2n) is 5.64. The maximum atomic E-state index is 12.2. The van der Waals surface area contributed by atoms with E-state index < -0.39 is 0 Å². The Morgan fingerprint density at radius 3 is 2.42 bits per heavy atom. The average Bonchev–Trinajstić information content (AvgIpc) is 2.99. The molecule has 1 aliphatic heterocycles. The fourth-order valence-electron chi connectivity index (χ4n) is 3.31. The Morgan fingerprint density at radius 2 is 1.79 bits per heavy atom. The third-order valence-electron chi connectivity index (χ3n) is 4.38. The number of carbonyl (C=O) groups is 1. The summed E-state index contributed by atoms with van der Waals surface area (Å²) in [6.07, 6.45) is 3.99. The first-order valence-electron chi connectivity index (χ1n) is 7.04. The van der Waals surface area contributed by atoms with E-state index in [0.29, 0.717) is 5.57 Å². The molecule has 1 saturated carbocycles. The Balaban J connectivity index is 1.59. The van der Waals surface area contributed by atoms with Gasteiger partial charge in [0.15, 0.2) is 0 Å². The normalized spacial score (nSPS) is 26.1. The highest BCUT2D eigenvalue weighted by Gasteiger charge is 2.36. The molecule has 0 spiro atoms. The molecule has 0 aromatic heterocycles. The molecule has 2 aliphatic rings. The van der Waals surface area contributed by atoms with E-state index in [9.17, 15) is 4.79 Å². The van der Waals surface area contributed by atoms with Gasteiger partial charge in [0.1, 0.15) is 0 Å². The Labute approximate surface area is 114 Å². The fourth-order valence-corrected chi connectivity index (χ4v) is 3.31. The van der Waals surface area contributed by atoms with E-state index in [1.54, 1.807) is 0 Å². The van der Waals surface area contributed by atoms with E-state index in [1.807, 2.05) is 30.3 Å². The zero-order chi connectivity index (χ0) is 13.2. The number of nitrogens with one attached hydrogen (secondary N) is 1. The van der Waals surface area contributed by atoms with Gasteiger partial charge in [-0.1, -0.05) is 43.3 Å². The summed E-state index contributed by atoms with van der Waals surface area (Å²) in [6.45, 7) is 5.90. The molecule has 2 unspecified atom stereocenters. The first kappa shape index (κ1) is 12.4. The molecular formula is C16H20N2O. The van der Waals surface area contributed by atoms with E-state index in [-0.39, 0.29) is 5.91 Å². The number of fused-ring (bicyclic) bond motifs is 1. The van der Waals surface area contributed by atoms with E-state index in [0.717, 1.165) is 30.5 Å². The van der Waals surface area contributed by atoms with Crippen molar-refractivity contribution in [1.29, 1.82) is 0 Å². The van der Waals surface area contributed by atoms with Crippen LogP contribution in [0.5, 0.6) is 0 Å². The van der Waals surface area contributed by atoms with E-state index in [2.05, 4.69) is 17.0 Å². The van der Waals surface area contributed by atoms with Crippen molar-refractivity contribution in [2.45, 2.75) is 19.3 Å². The molecule has 3 nitrogen and oxygen atoms in total. The van der Waals surface area contributed by atoms with Gasteiger partial charge in [-0.05, 0) is 30.2 Å². The van der Waals surface area contributed by atoms with Gasteiger partial charge in [-0.3, -0.25) is 10.2 Å². The highest BCUT2D eigenvalue weighted by atomic mass is 16.2. The summed E-state index contributed by atoms with van der Waals surface area (Å²) < 4.78 is 0. The zero-order valence-corrected chi connectivity index (χ0v) is 11.1. The Kier molecular flexibility index (Phi) is 3.38. The van der Waals surface area contributed by atoms with Crippen LogP contribution in [-0.2, 0) is 4.79 Å². The Hall–Kier alpha value is -1.61. The highest BCUT2D eigenvalue weighted by molar-refractivity contribution is 6.18. The number of carbonyl (C=O) groups excluding carboxylic acids is 1. The van der Waals surface area contributed by atoms with Crippen LogP contribution in [0.3, 0.4) is 0 Å². The number of benzene rings is 1. The van der Waals surface area contributed by atoms with Crippen molar-refractivity contribution in [2.75, 3.05) is 13.1 Å². The first-order chi connectivity index (χ1) is 9.24. The van der Waals surface area contributed by atoms with Crippen molar-refractivity contribution in [1.82, 2.24) is 10.4 Å². The van der Waals surface area contributed by atoms with Crippen LogP contribution in [-0.4, -0.2) is 24.0 Å². The number of rotatable bonds is 3. The molecule has 1 aliphatic carbocycles. The molecule has 1 saturated heterocycles. The molecule has 1 aromatic rings. The molecule has 1 aromatic carbocycles. The molecule has 1 amide bonds. The second kappa shape index (κ2) is 5.17. The summed E-state index contributed by atoms with van der Waals surface area (Å²) in [4.78, 5) is 12.2. The monoisotopic (exact) mass is 256 g/mol. The largest absolute Gasteiger partial charge is 0.285 e. The Bertz CT molecular complexity index is 471. The maximum Gasteiger partial charge on any atom is 0.265 e. The van der Waals surface area contributed by atoms with Crippen LogP contribution in [0.1, 0.15) is 24.8 Å². The number of amides is 1. The lowest BCUT2D eigenvalue weighted by molar-refractivity contribution is -0.119. The SMILES string of the molecule is C=C(C(=O)NN1CC2CCCC2C1)c1ccccc1. The van der Waals surface area contributed by atoms with Gasteiger partial charge in [0.05, 0.1) is 0 Å². The third kappa shape index (κ3) is 2.56. The summed E-state index contributed by atoms with van der Waals surface area (Å²) >= 11 is 0. The summed E-state index contributed by atoms with van der Waals surface area (Å²) in [6, 6.07) is 9.62. The summed E-state index contributed by atoms with van der Waals surface area (Å²) in [5.41, 5.74) is 4.43. The highest BCUT2D eigenvalue weighted by Crippen LogP contribution is 2.36. The first-order valence-corrected chi connectivity index (χ1v) is 7.04. The molecular weight excluding hydrogens is 236 g/mol. The van der Waals surface area contributed by atoms with Crippen LogP contribution >= 0.6 is 0 Å². The minimum Gasteiger partial charge on any atom is -0.285 e. The van der Waals surface area contributed by atoms with Crippen molar-refractivity contribution < 1.29 is 4.79 Å². The van der Waals surface area contributed by atoms with Gasteiger partial charge in [0.25, 0.3) is 5.91 Å². The number of hydrogen-bond donors (Lipinski definition) is 1. The molecule has 0 radical (unpaired) electrons. The van der Waals surface area contributed by atoms with Crippen molar-refractivity contribution in [3.8, 4) is 0 Å². The third-order valence-corrected chi connectivity index (χ3v) is 4.38. The molecule has 3 rings (SSSR count).